The lowest BCUT2D eigenvalue weighted by molar-refractivity contribution is 0.0924. The van der Waals surface area contributed by atoms with Gasteiger partial charge in [-0.1, -0.05) is 17.7 Å². The quantitative estimate of drug-likeness (QED) is 0.526. The van der Waals surface area contributed by atoms with E-state index in [0.717, 1.165) is 10.5 Å². The van der Waals surface area contributed by atoms with Crippen LogP contribution in [0.5, 0.6) is 0 Å². The van der Waals surface area contributed by atoms with Gasteiger partial charge in [0.25, 0.3) is 17.7 Å². The molecule has 6 heteroatoms. The highest BCUT2D eigenvalue weighted by Crippen LogP contribution is 2.29. The smallest absolute Gasteiger partial charge is 0.266 e. The van der Waals surface area contributed by atoms with Gasteiger partial charge in [-0.15, -0.1) is 0 Å². The van der Waals surface area contributed by atoms with Gasteiger partial charge in [-0.25, -0.2) is 4.90 Å². The molecule has 0 fully saturated rings. The molecule has 0 bridgehead atoms. The number of imide groups is 1. The minimum absolute atomic E-state index is 0.0622. The first-order chi connectivity index (χ1) is 14.3. The van der Waals surface area contributed by atoms with E-state index in [9.17, 15) is 19.2 Å². The second-order valence-electron chi connectivity index (χ2n) is 7.13. The molecule has 1 heterocycles. The summed E-state index contributed by atoms with van der Waals surface area (Å²) >= 11 is 0. The fourth-order valence-corrected chi connectivity index (χ4v) is 3.30. The predicted molar refractivity (Wildman–Crippen MR) is 113 cm³/mol. The summed E-state index contributed by atoms with van der Waals surface area (Å²) in [6, 6.07) is 18.1. The van der Waals surface area contributed by atoms with E-state index in [0.29, 0.717) is 16.9 Å². The molecule has 3 amide bonds. The molecule has 0 saturated heterocycles. The molecule has 0 aromatic heterocycles. The molecule has 0 aliphatic carbocycles. The lowest BCUT2D eigenvalue weighted by Crippen LogP contribution is -2.29. The van der Waals surface area contributed by atoms with Crippen LogP contribution in [0, 0.1) is 6.92 Å². The Hall–Kier alpha value is -4.06. The van der Waals surface area contributed by atoms with Crippen LogP contribution >= 0.6 is 0 Å². The van der Waals surface area contributed by atoms with Crippen molar-refractivity contribution >= 4 is 34.9 Å². The number of rotatable bonds is 4. The van der Waals surface area contributed by atoms with Crippen molar-refractivity contribution in [3.63, 3.8) is 0 Å². The lowest BCUT2D eigenvalue weighted by atomic mass is 10.1. The number of nitrogens with one attached hydrogen (secondary N) is 1. The number of carbonyl (C=O) groups is 4. The van der Waals surface area contributed by atoms with Crippen LogP contribution in [0.15, 0.2) is 66.7 Å². The number of nitrogens with zero attached hydrogens (tertiary/aromatic N) is 1. The van der Waals surface area contributed by atoms with Crippen molar-refractivity contribution in [1.29, 1.82) is 0 Å². The summed E-state index contributed by atoms with van der Waals surface area (Å²) < 4.78 is 0. The van der Waals surface area contributed by atoms with Crippen molar-refractivity contribution in [2.24, 2.45) is 0 Å². The summed E-state index contributed by atoms with van der Waals surface area (Å²) in [5, 5.41) is 2.73. The molecule has 3 aromatic rings. The zero-order valence-electron chi connectivity index (χ0n) is 16.4. The fourth-order valence-electron chi connectivity index (χ4n) is 3.30. The van der Waals surface area contributed by atoms with E-state index in [2.05, 4.69) is 5.32 Å². The number of ketones is 1. The number of benzene rings is 3. The normalized spacial score (nSPS) is 12.7. The zero-order chi connectivity index (χ0) is 21.4. The molecular weight excluding hydrogens is 380 g/mol. The zero-order valence-corrected chi connectivity index (χ0v) is 16.4. The first-order valence-corrected chi connectivity index (χ1v) is 9.37. The maximum absolute atomic E-state index is 12.9. The molecule has 0 unspecified atom stereocenters. The Kier molecular flexibility index (Phi) is 4.75. The summed E-state index contributed by atoms with van der Waals surface area (Å²) in [6.45, 7) is 3.39. The SMILES string of the molecule is CC(=O)c1ccc(NC(=O)c2ccc3c(c2)C(=O)N(c2ccc(C)cc2)C3=O)cc1. The maximum Gasteiger partial charge on any atom is 0.266 e. The van der Waals surface area contributed by atoms with E-state index in [4.69, 9.17) is 0 Å². The van der Waals surface area contributed by atoms with Crippen LogP contribution in [-0.4, -0.2) is 23.5 Å². The molecule has 1 aliphatic heterocycles. The highest BCUT2D eigenvalue weighted by Gasteiger charge is 2.37. The summed E-state index contributed by atoms with van der Waals surface area (Å²) in [5.74, 6) is -1.35. The van der Waals surface area contributed by atoms with Crippen molar-refractivity contribution in [2.75, 3.05) is 10.2 Å². The summed E-state index contributed by atoms with van der Waals surface area (Å²) in [7, 11) is 0. The second-order valence-corrected chi connectivity index (χ2v) is 7.13. The van der Waals surface area contributed by atoms with Crippen molar-refractivity contribution < 1.29 is 19.2 Å². The standard InChI is InChI=1S/C24H18N2O4/c1-14-3-10-19(11-4-14)26-23(29)20-12-7-17(13-21(20)24(26)30)22(28)25-18-8-5-16(6-9-18)15(2)27/h3-13H,1-2H3,(H,25,28). The highest BCUT2D eigenvalue weighted by atomic mass is 16.2. The van der Waals surface area contributed by atoms with Crippen LogP contribution in [0.3, 0.4) is 0 Å². The Morgan fingerprint density at radius 1 is 0.767 bits per heavy atom. The molecule has 6 nitrogen and oxygen atoms in total. The number of carbonyl (C=O) groups excluding carboxylic acids is 4. The summed E-state index contributed by atoms with van der Waals surface area (Å²) in [6.07, 6.45) is 0. The van der Waals surface area contributed by atoms with Gasteiger partial charge in [0.2, 0.25) is 0 Å². The van der Waals surface area contributed by atoms with E-state index in [1.54, 1.807) is 36.4 Å². The average molecular weight is 398 g/mol. The van der Waals surface area contributed by atoms with Crippen LogP contribution in [0.1, 0.15) is 53.9 Å². The molecule has 4 rings (SSSR count). The van der Waals surface area contributed by atoms with Crippen LogP contribution in [0.2, 0.25) is 0 Å². The van der Waals surface area contributed by atoms with Gasteiger partial charge >= 0.3 is 0 Å². The van der Waals surface area contributed by atoms with Crippen molar-refractivity contribution in [2.45, 2.75) is 13.8 Å². The molecule has 1 N–H and O–H groups in total. The molecule has 148 valence electrons. The van der Waals surface area contributed by atoms with Gasteiger partial charge in [0.05, 0.1) is 16.8 Å². The molecular formula is C24H18N2O4. The summed E-state index contributed by atoms with van der Waals surface area (Å²) in [4.78, 5) is 50.7. The Labute approximate surface area is 173 Å². The van der Waals surface area contributed by atoms with E-state index >= 15 is 0 Å². The van der Waals surface area contributed by atoms with Crippen LogP contribution in [0.4, 0.5) is 11.4 Å². The fraction of sp³-hybridized carbons (Fsp3) is 0.0833. The third-order valence-corrected chi connectivity index (χ3v) is 4.99. The van der Waals surface area contributed by atoms with E-state index in [1.165, 1.54) is 25.1 Å². The number of amides is 3. The third-order valence-electron chi connectivity index (χ3n) is 4.99. The molecule has 30 heavy (non-hydrogen) atoms. The number of anilines is 2. The number of hydrogen-bond acceptors (Lipinski definition) is 4. The van der Waals surface area contributed by atoms with Crippen molar-refractivity contribution in [1.82, 2.24) is 0 Å². The van der Waals surface area contributed by atoms with Crippen LogP contribution in [0.25, 0.3) is 0 Å². The number of hydrogen-bond donors (Lipinski definition) is 1. The molecule has 0 radical (unpaired) electrons. The Morgan fingerprint density at radius 2 is 1.37 bits per heavy atom. The first kappa shape index (κ1) is 19.3. The molecule has 0 atom stereocenters. The van der Waals surface area contributed by atoms with Crippen molar-refractivity contribution in [3.05, 3.63) is 94.5 Å². The average Bonchev–Trinajstić information content (AvgIpc) is 2.99. The highest BCUT2D eigenvalue weighted by molar-refractivity contribution is 6.34. The number of fused-ring (bicyclic) bond motifs is 1. The predicted octanol–water partition coefficient (Wildman–Crippen LogP) is 4.25. The van der Waals surface area contributed by atoms with Gasteiger partial charge < -0.3 is 5.32 Å². The van der Waals surface area contributed by atoms with E-state index in [1.807, 2.05) is 19.1 Å². The Morgan fingerprint density at radius 3 is 2.00 bits per heavy atom. The Balaban J connectivity index is 1.58. The topological polar surface area (TPSA) is 83.6 Å². The molecule has 1 aliphatic rings. The molecule has 3 aromatic carbocycles. The first-order valence-electron chi connectivity index (χ1n) is 9.37. The van der Waals surface area contributed by atoms with Gasteiger partial charge in [-0.2, -0.15) is 0 Å². The second kappa shape index (κ2) is 7.40. The molecule has 0 saturated carbocycles. The lowest BCUT2D eigenvalue weighted by Gasteiger charge is -2.13. The van der Waals surface area contributed by atoms with Gasteiger partial charge in [0.15, 0.2) is 5.78 Å². The minimum atomic E-state index is -0.459. The number of Topliss-reactive ketones (excluding diaryl/α,β-unsaturated/α-hetero) is 1. The summed E-state index contributed by atoms with van der Waals surface area (Å²) in [5.41, 5.74) is 3.30. The molecule has 0 spiro atoms. The monoisotopic (exact) mass is 398 g/mol. The van der Waals surface area contributed by atoms with Crippen molar-refractivity contribution in [3.8, 4) is 0 Å². The third kappa shape index (κ3) is 3.39. The maximum atomic E-state index is 12.9. The van der Waals surface area contributed by atoms with Gasteiger partial charge in [0.1, 0.15) is 0 Å². The van der Waals surface area contributed by atoms with Crippen LogP contribution in [-0.2, 0) is 0 Å². The minimum Gasteiger partial charge on any atom is -0.322 e. The van der Waals surface area contributed by atoms with Gasteiger partial charge in [0, 0.05) is 16.8 Å². The number of aryl methyl sites for hydroxylation is 1. The largest absolute Gasteiger partial charge is 0.322 e. The van der Waals surface area contributed by atoms with Crippen LogP contribution < -0.4 is 10.2 Å². The Bertz CT molecular complexity index is 1190. The van der Waals surface area contributed by atoms with Gasteiger partial charge in [-0.3, -0.25) is 19.2 Å². The van der Waals surface area contributed by atoms with Gasteiger partial charge in [-0.05, 0) is 68.4 Å². The van der Waals surface area contributed by atoms with E-state index < -0.39 is 17.7 Å². The van der Waals surface area contributed by atoms with E-state index in [-0.39, 0.29) is 22.5 Å².